The summed E-state index contributed by atoms with van der Waals surface area (Å²) in [5.41, 5.74) is 1.21. The van der Waals surface area contributed by atoms with Gasteiger partial charge in [0.2, 0.25) is 10.0 Å². The molecular formula is C18H22N4O3S. The number of aromatic nitrogens is 1. The van der Waals surface area contributed by atoms with Gasteiger partial charge in [-0.05, 0) is 43.3 Å². The first-order valence-corrected chi connectivity index (χ1v) is 10.0. The zero-order valence-electron chi connectivity index (χ0n) is 14.3. The maximum absolute atomic E-state index is 12.5. The fourth-order valence-electron chi connectivity index (χ4n) is 2.80. The van der Waals surface area contributed by atoms with Gasteiger partial charge >= 0.3 is 0 Å². The van der Waals surface area contributed by atoms with E-state index in [1.807, 2.05) is 18.2 Å². The lowest BCUT2D eigenvalue weighted by molar-refractivity contribution is 0.0954. The second-order valence-electron chi connectivity index (χ2n) is 6.17. The maximum Gasteiger partial charge on any atom is 0.251 e. The summed E-state index contributed by atoms with van der Waals surface area (Å²) in [6.45, 7) is 1.84. The van der Waals surface area contributed by atoms with Gasteiger partial charge in [0.05, 0.1) is 4.90 Å². The van der Waals surface area contributed by atoms with E-state index in [9.17, 15) is 13.2 Å². The van der Waals surface area contributed by atoms with Crippen LogP contribution in [0.3, 0.4) is 0 Å². The molecule has 1 aliphatic heterocycles. The first-order valence-electron chi connectivity index (χ1n) is 8.56. The number of amides is 1. The summed E-state index contributed by atoms with van der Waals surface area (Å²) < 4.78 is 27.6. The number of nitrogens with one attached hydrogen (secondary N) is 3. The second kappa shape index (κ2) is 8.39. The van der Waals surface area contributed by atoms with Gasteiger partial charge in [0.1, 0.15) is 0 Å². The fraction of sp³-hybridized carbons (Fsp3) is 0.333. The van der Waals surface area contributed by atoms with Crippen molar-refractivity contribution in [2.45, 2.75) is 23.8 Å². The molecule has 1 aliphatic rings. The smallest absolute Gasteiger partial charge is 0.251 e. The fourth-order valence-corrected chi connectivity index (χ4v) is 4.12. The van der Waals surface area contributed by atoms with Crippen LogP contribution in [0.2, 0.25) is 0 Å². The quantitative estimate of drug-likeness (QED) is 0.662. The van der Waals surface area contributed by atoms with Crippen molar-refractivity contribution in [1.82, 2.24) is 20.3 Å². The lowest BCUT2D eigenvalue weighted by Gasteiger charge is -2.13. The molecule has 1 aromatic heterocycles. The zero-order valence-corrected chi connectivity index (χ0v) is 15.1. The Morgan fingerprint density at radius 3 is 2.85 bits per heavy atom. The van der Waals surface area contributed by atoms with Gasteiger partial charge < -0.3 is 10.6 Å². The molecule has 0 saturated carbocycles. The van der Waals surface area contributed by atoms with Crippen LogP contribution in [0.25, 0.3) is 0 Å². The monoisotopic (exact) mass is 374 g/mol. The van der Waals surface area contributed by atoms with Gasteiger partial charge in [0.15, 0.2) is 0 Å². The minimum atomic E-state index is -3.64. The van der Waals surface area contributed by atoms with Crippen molar-refractivity contribution in [3.05, 3.63) is 59.9 Å². The summed E-state index contributed by atoms with van der Waals surface area (Å²) in [4.78, 5) is 16.6. The molecular weight excluding hydrogens is 352 g/mol. The minimum Gasteiger partial charge on any atom is -0.352 e. The maximum atomic E-state index is 12.5. The molecule has 0 unspecified atom stereocenters. The van der Waals surface area contributed by atoms with Crippen LogP contribution >= 0.6 is 0 Å². The molecule has 1 atom stereocenters. The van der Waals surface area contributed by atoms with Crippen molar-refractivity contribution < 1.29 is 13.2 Å². The van der Waals surface area contributed by atoms with E-state index >= 15 is 0 Å². The molecule has 0 radical (unpaired) electrons. The summed E-state index contributed by atoms with van der Waals surface area (Å²) in [7, 11) is -3.64. The van der Waals surface area contributed by atoms with Crippen molar-refractivity contribution in [3.63, 3.8) is 0 Å². The van der Waals surface area contributed by atoms with Crippen LogP contribution in [0, 0.1) is 0 Å². The van der Waals surface area contributed by atoms with Gasteiger partial charge in [-0.3, -0.25) is 9.78 Å². The van der Waals surface area contributed by atoms with Crippen LogP contribution < -0.4 is 15.4 Å². The summed E-state index contributed by atoms with van der Waals surface area (Å²) >= 11 is 0. The number of carbonyl (C=O) groups is 1. The summed E-state index contributed by atoms with van der Waals surface area (Å²) in [5, 5.41) is 5.91. The van der Waals surface area contributed by atoms with Gasteiger partial charge in [-0.15, -0.1) is 0 Å². The molecule has 7 nitrogen and oxygen atoms in total. The molecule has 0 spiro atoms. The second-order valence-corrected chi connectivity index (χ2v) is 7.88. The number of hydrogen-bond donors (Lipinski definition) is 3. The van der Waals surface area contributed by atoms with Gasteiger partial charge in [-0.1, -0.05) is 12.1 Å². The number of rotatable bonds is 7. The van der Waals surface area contributed by atoms with Crippen LogP contribution in [0.5, 0.6) is 0 Å². The largest absolute Gasteiger partial charge is 0.352 e. The highest BCUT2D eigenvalue weighted by Crippen LogP contribution is 2.13. The highest BCUT2D eigenvalue weighted by molar-refractivity contribution is 7.89. The van der Waals surface area contributed by atoms with Crippen molar-refractivity contribution in [2.75, 3.05) is 19.6 Å². The van der Waals surface area contributed by atoms with Gasteiger partial charge in [-0.2, -0.15) is 0 Å². The topological polar surface area (TPSA) is 100 Å². The van der Waals surface area contributed by atoms with Crippen LogP contribution in [0.1, 0.15) is 22.5 Å². The number of pyridine rings is 1. The Morgan fingerprint density at radius 2 is 2.12 bits per heavy atom. The Labute approximate surface area is 153 Å². The van der Waals surface area contributed by atoms with E-state index in [0.717, 1.165) is 18.7 Å². The number of benzene rings is 1. The standard InChI is InChI=1S/C18H22N4O3S/c23-18(21-11-8-15-5-1-2-9-20-15)14-4-3-6-17(12-14)26(24,25)22-16-7-10-19-13-16/h1-6,9,12,16,19,22H,7-8,10-11,13H2,(H,21,23)/t16-/m1/s1. The number of nitrogens with zero attached hydrogens (tertiary/aromatic N) is 1. The van der Waals surface area contributed by atoms with E-state index in [2.05, 4.69) is 20.3 Å². The summed E-state index contributed by atoms with van der Waals surface area (Å²) in [5.74, 6) is -0.305. The third-order valence-corrected chi connectivity index (χ3v) is 5.70. The van der Waals surface area contributed by atoms with Crippen LogP contribution in [-0.2, 0) is 16.4 Å². The van der Waals surface area contributed by atoms with E-state index in [0.29, 0.717) is 25.1 Å². The molecule has 3 rings (SSSR count). The van der Waals surface area contributed by atoms with Gasteiger partial charge in [0, 0.05) is 43.0 Å². The molecule has 0 bridgehead atoms. The number of carbonyl (C=O) groups excluding carboxylic acids is 1. The number of hydrogen-bond acceptors (Lipinski definition) is 5. The van der Waals surface area contributed by atoms with Crippen molar-refractivity contribution in [2.24, 2.45) is 0 Å². The molecule has 26 heavy (non-hydrogen) atoms. The zero-order chi connectivity index (χ0) is 18.4. The van der Waals surface area contributed by atoms with Gasteiger partial charge in [-0.25, -0.2) is 13.1 Å². The van der Waals surface area contributed by atoms with E-state index in [4.69, 9.17) is 0 Å². The average Bonchev–Trinajstić information content (AvgIpc) is 3.15. The van der Waals surface area contributed by atoms with Crippen LogP contribution in [0.4, 0.5) is 0 Å². The molecule has 1 amide bonds. The third kappa shape index (κ3) is 4.87. The van der Waals surface area contributed by atoms with Crippen molar-refractivity contribution in [3.8, 4) is 0 Å². The highest BCUT2D eigenvalue weighted by Gasteiger charge is 2.23. The predicted octanol–water partition coefficient (Wildman–Crippen LogP) is 0.694. The molecule has 1 fully saturated rings. The van der Waals surface area contributed by atoms with Crippen LogP contribution in [-0.4, -0.2) is 45.0 Å². The third-order valence-electron chi connectivity index (χ3n) is 4.18. The molecule has 2 heterocycles. The Hall–Kier alpha value is -2.29. The van der Waals surface area contributed by atoms with E-state index in [1.54, 1.807) is 18.3 Å². The van der Waals surface area contributed by atoms with Gasteiger partial charge in [0.25, 0.3) is 5.91 Å². The van der Waals surface area contributed by atoms with E-state index in [-0.39, 0.29) is 16.8 Å². The Morgan fingerprint density at radius 1 is 1.23 bits per heavy atom. The molecule has 0 aliphatic carbocycles. The Bertz CT molecular complexity index is 850. The van der Waals surface area contributed by atoms with Crippen molar-refractivity contribution in [1.29, 1.82) is 0 Å². The molecule has 8 heteroatoms. The molecule has 1 saturated heterocycles. The van der Waals surface area contributed by atoms with E-state index < -0.39 is 10.0 Å². The first-order chi connectivity index (χ1) is 12.5. The number of sulfonamides is 1. The minimum absolute atomic E-state index is 0.0989. The first kappa shape index (κ1) is 18.5. The molecule has 3 N–H and O–H groups in total. The molecule has 138 valence electrons. The molecule has 1 aromatic carbocycles. The predicted molar refractivity (Wildman–Crippen MR) is 98.3 cm³/mol. The van der Waals surface area contributed by atoms with E-state index in [1.165, 1.54) is 12.1 Å². The lowest BCUT2D eigenvalue weighted by atomic mass is 10.2. The normalized spacial score (nSPS) is 17.2. The Balaban J connectivity index is 1.61. The SMILES string of the molecule is O=C(NCCc1ccccn1)c1cccc(S(=O)(=O)N[C@@H]2CCNC2)c1. The Kier molecular flexibility index (Phi) is 5.97. The summed E-state index contributed by atoms with van der Waals surface area (Å²) in [6.07, 6.45) is 3.08. The summed E-state index contributed by atoms with van der Waals surface area (Å²) in [6, 6.07) is 11.6. The average molecular weight is 374 g/mol. The van der Waals surface area contributed by atoms with Crippen molar-refractivity contribution >= 4 is 15.9 Å². The molecule has 2 aromatic rings. The lowest BCUT2D eigenvalue weighted by Crippen LogP contribution is -2.36. The van der Waals surface area contributed by atoms with Crippen LogP contribution in [0.15, 0.2) is 53.6 Å². The highest BCUT2D eigenvalue weighted by atomic mass is 32.2.